The first-order chi connectivity index (χ1) is 0. The van der Waals surface area contributed by atoms with Crippen LogP contribution in [-0.2, 0) is 0 Å². The summed E-state index contributed by atoms with van der Waals surface area (Å²) in [5.74, 6) is 0. The first-order valence-electron chi connectivity index (χ1n) is 0. The summed E-state index contributed by atoms with van der Waals surface area (Å²) in [6.45, 7) is 0. The molecule has 0 aromatic carbocycles. The van der Waals surface area contributed by atoms with Gasteiger partial charge in [0.25, 0.3) is 0 Å². The van der Waals surface area contributed by atoms with E-state index in [2.05, 4.69) is 0 Å². The molecule has 0 heterocycles. The van der Waals surface area contributed by atoms with Crippen molar-refractivity contribution in [2.75, 3.05) is 0 Å². The molecule has 0 radical (unpaired) electrons. The maximum Gasteiger partial charge on any atom is 3.00 e. The summed E-state index contributed by atoms with van der Waals surface area (Å²) in [6, 6.07) is 0. The van der Waals surface area contributed by atoms with Crippen molar-refractivity contribution in [1.29, 1.82) is 0 Å². The molecular formula is AlF6La. The summed E-state index contributed by atoms with van der Waals surface area (Å²) >= 11 is 0. The van der Waals surface area contributed by atoms with E-state index in [-0.39, 0.29) is 81.2 Å². The summed E-state index contributed by atoms with van der Waals surface area (Å²) in [7, 11) is 0. The Labute approximate surface area is 80.7 Å². The van der Waals surface area contributed by atoms with E-state index in [4.69, 9.17) is 0 Å². The second kappa shape index (κ2) is 260. The van der Waals surface area contributed by atoms with E-state index in [1.807, 2.05) is 0 Å². The van der Waals surface area contributed by atoms with E-state index >= 15 is 0 Å². The Morgan fingerprint density at radius 2 is 0.375 bits per heavy atom. The number of hydrogen-bond donors (Lipinski definition) is 0. The van der Waals surface area contributed by atoms with Gasteiger partial charge in [0.2, 0.25) is 0 Å². The van der Waals surface area contributed by atoms with Gasteiger partial charge in [-0.1, -0.05) is 0 Å². The van der Waals surface area contributed by atoms with Crippen molar-refractivity contribution < 1.29 is 63.8 Å². The second-order valence-corrected chi connectivity index (χ2v) is 0. The smallest absolute Gasteiger partial charge is 1.00 e. The minimum absolute atomic E-state index is 0. The van der Waals surface area contributed by atoms with Crippen LogP contribution in [0.3, 0.4) is 0 Å². The van der Waals surface area contributed by atoms with Crippen molar-refractivity contribution in [3.05, 3.63) is 0 Å². The van der Waals surface area contributed by atoms with Crippen molar-refractivity contribution >= 4 is 17.4 Å². The maximum absolute atomic E-state index is 0. The quantitative estimate of drug-likeness (QED) is 0.305. The van der Waals surface area contributed by atoms with Crippen molar-refractivity contribution in [3.63, 3.8) is 0 Å². The van der Waals surface area contributed by atoms with Gasteiger partial charge in [0.15, 0.2) is 0 Å². The molecule has 0 unspecified atom stereocenters. The number of hydrogen-bond acceptors (Lipinski definition) is 0. The third kappa shape index (κ3) is 170. The van der Waals surface area contributed by atoms with E-state index < -0.39 is 0 Å². The van der Waals surface area contributed by atoms with Gasteiger partial charge < -0.3 is 28.2 Å². The van der Waals surface area contributed by atoms with E-state index in [1.54, 1.807) is 0 Å². The molecule has 8 heavy (non-hydrogen) atoms. The topological polar surface area (TPSA) is 0 Å². The summed E-state index contributed by atoms with van der Waals surface area (Å²) in [5, 5.41) is 0. The third-order valence-corrected chi connectivity index (χ3v) is 0. The largest absolute Gasteiger partial charge is 3.00 e. The minimum atomic E-state index is 0. The van der Waals surface area contributed by atoms with Crippen molar-refractivity contribution in [1.82, 2.24) is 0 Å². The molecule has 0 bridgehead atoms. The van der Waals surface area contributed by atoms with Gasteiger partial charge in [0, 0.05) is 0 Å². The second-order valence-electron chi connectivity index (χ2n) is 0. The molecule has 0 N–H and O–H groups in total. The zero-order chi connectivity index (χ0) is 0. The van der Waals surface area contributed by atoms with Gasteiger partial charge in [-0.15, -0.1) is 0 Å². The van der Waals surface area contributed by atoms with Crippen molar-refractivity contribution in [3.8, 4) is 0 Å². The van der Waals surface area contributed by atoms with Crippen LogP contribution in [0.4, 0.5) is 0 Å². The van der Waals surface area contributed by atoms with Crippen LogP contribution in [0.1, 0.15) is 0 Å². The van der Waals surface area contributed by atoms with Gasteiger partial charge in [0.05, 0.1) is 0 Å². The fourth-order valence-corrected chi connectivity index (χ4v) is 0. The Kier molecular flexibility index (Phi) is 12200. The molecule has 0 amide bonds. The van der Waals surface area contributed by atoms with E-state index in [1.165, 1.54) is 0 Å². The molecular weight excluding hydrogens is 280 g/mol. The summed E-state index contributed by atoms with van der Waals surface area (Å²) < 4.78 is 0. The monoisotopic (exact) mass is 280 g/mol. The van der Waals surface area contributed by atoms with Crippen LogP contribution in [0.2, 0.25) is 0 Å². The first-order valence-corrected chi connectivity index (χ1v) is 0. The summed E-state index contributed by atoms with van der Waals surface area (Å²) in [6.07, 6.45) is 0. The molecule has 0 aliphatic heterocycles. The summed E-state index contributed by atoms with van der Waals surface area (Å²) in [5.41, 5.74) is 0. The van der Waals surface area contributed by atoms with Crippen LogP contribution in [0.15, 0.2) is 0 Å². The van der Waals surface area contributed by atoms with Crippen LogP contribution >= 0.6 is 0 Å². The van der Waals surface area contributed by atoms with Crippen LogP contribution in [0.5, 0.6) is 0 Å². The number of rotatable bonds is 0. The summed E-state index contributed by atoms with van der Waals surface area (Å²) in [4.78, 5) is 0. The van der Waals surface area contributed by atoms with E-state index in [0.717, 1.165) is 0 Å². The normalized spacial score (nSPS) is 0. The molecule has 0 fully saturated rings. The Balaban J connectivity index is 0. The molecule has 48 valence electrons. The molecule has 0 rings (SSSR count). The fourth-order valence-electron chi connectivity index (χ4n) is 0. The van der Waals surface area contributed by atoms with Crippen molar-refractivity contribution in [2.45, 2.75) is 0 Å². The van der Waals surface area contributed by atoms with E-state index in [0.29, 0.717) is 0 Å². The Morgan fingerprint density at radius 3 is 0.375 bits per heavy atom. The predicted octanol–water partition coefficient (Wildman–Crippen LogP) is -18.4. The van der Waals surface area contributed by atoms with Gasteiger partial charge in [-0.05, 0) is 0 Å². The molecule has 8 heteroatoms. The Hall–Kier alpha value is 1.31. The predicted molar refractivity (Wildman–Crippen MR) is 5.75 cm³/mol. The maximum atomic E-state index is 0. The third-order valence-electron chi connectivity index (χ3n) is 0. The molecule has 0 spiro atoms. The van der Waals surface area contributed by atoms with Gasteiger partial charge in [-0.25, -0.2) is 0 Å². The molecule has 0 saturated heterocycles. The van der Waals surface area contributed by atoms with Gasteiger partial charge in [0.1, 0.15) is 0 Å². The molecule has 0 aliphatic carbocycles. The molecule has 0 aromatic rings. The molecule has 0 saturated carbocycles. The average molecular weight is 280 g/mol. The zero-order valence-electron chi connectivity index (χ0n) is 3.42. The molecule has 0 nitrogen and oxygen atoms in total. The Bertz CT molecular complexity index is 8.49. The van der Waals surface area contributed by atoms with Crippen LogP contribution < -0.4 is 28.2 Å². The Morgan fingerprint density at radius 1 is 0.375 bits per heavy atom. The van der Waals surface area contributed by atoms with Crippen LogP contribution in [0.25, 0.3) is 0 Å². The average Bonchev–Trinajstić information content (AvgIpc) is 0. The van der Waals surface area contributed by atoms with Crippen molar-refractivity contribution in [2.24, 2.45) is 0 Å². The van der Waals surface area contributed by atoms with Crippen LogP contribution in [-0.4, -0.2) is 17.4 Å². The SMILES string of the molecule is [Al+3].[F-].[F-].[F-].[F-].[F-].[F-].[La+3]. The number of halogens is 6. The minimum Gasteiger partial charge on any atom is -1.00 e. The van der Waals surface area contributed by atoms with Crippen LogP contribution in [0, 0.1) is 35.6 Å². The van der Waals surface area contributed by atoms with Gasteiger partial charge >= 0.3 is 53.0 Å². The van der Waals surface area contributed by atoms with Gasteiger partial charge in [-0.3, -0.25) is 0 Å². The first kappa shape index (κ1) is 376. The molecule has 0 atom stereocenters. The zero-order valence-corrected chi connectivity index (χ0v) is 8.20. The van der Waals surface area contributed by atoms with E-state index in [9.17, 15) is 0 Å². The standard InChI is InChI=1S/Al.6FH.La/h;6*1H;/q+3;;;;;;;+3/p-6. The fraction of sp³-hybridized carbons (Fsp3) is 0. The van der Waals surface area contributed by atoms with Gasteiger partial charge in [-0.2, -0.15) is 0 Å². The molecule has 0 aromatic heterocycles. The molecule has 0 aliphatic rings.